The number of aromatic nitrogens is 4. The number of para-hydroxylation sites is 1. The van der Waals surface area contributed by atoms with Gasteiger partial charge in [-0.15, -0.1) is 0 Å². The lowest BCUT2D eigenvalue weighted by Crippen LogP contribution is -2.23. The van der Waals surface area contributed by atoms with E-state index in [0.29, 0.717) is 23.8 Å². The molecule has 6 nitrogen and oxygen atoms in total. The van der Waals surface area contributed by atoms with Gasteiger partial charge in [0.2, 0.25) is 0 Å². The largest absolute Gasteiger partial charge is 0.347 e. The number of carbonyl (C=O) groups excluding carboxylic acids is 1. The zero-order valence-corrected chi connectivity index (χ0v) is 17.9. The van der Waals surface area contributed by atoms with Gasteiger partial charge in [0, 0.05) is 29.3 Å². The van der Waals surface area contributed by atoms with Crippen LogP contribution in [0.15, 0.2) is 91.3 Å². The second-order valence-electron chi connectivity index (χ2n) is 7.45. The molecule has 1 N–H and O–H groups in total. The first-order valence-electron chi connectivity index (χ1n) is 10.2. The van der Waals surface area contributed by atoms with Crippen molar-refractivity contribution in [2.24, 2.45) is 0 Å². The Morgan fingerprint density at radius 3 is 2.41 bits per heavy atom. The first-order valence-corrected chi connectivity index (χ1v) is 10.6. The summed E-state index contributed by atoms with van der Waals surface area (Å²) in [5, 5.41) is 13.4. The van der Waals surface area contributed by atoms with Gasteiger partial charge in [0.1, 0.15) is 0 Å². The SMILES string of the molecule is O=C(NCc1ccc(-n2cccn2)cc1)c1nn(Cc2ccc(Cl)cc2)c2ccccc12. The number of rotatable bonds is 6. The monoisotopic (exact) mass is 441 g/mol. The van der Waals surface area contributed by atoms with Crippen molar-refractivity contribution >= 4 is 28.4 Å². The Bertz CT molecular complexity index is 1360. The van der Waals surface area contributed by atoms with Crippen molar-refractivity contribution in [2.45, 2.75) is 13.1 Å². The van der Waals surface area contributed by atoms with Gasteiger partial charge in [0.05, 0.1) is 17.7 Å². The second-order valence-corrected chi connectivity index (χ2v) is 7.89. The van der Waals surface area contributed by atoms with Crippen LogP contribution in [0.4, 0.5) is 0 Å². The lowest BCUT2D eigenvalue weighted by Gasteiger charge is -2.06. The summed E-state index contributed by atoms with van der Waals surface area (Å²) in [6, 6.07) is 25.2. The lowest BCUT2D eigenvalue weighted by atomic mass is 10.1. The van der Waals surface area contributed by atoms with Crippen LogP contribution in [0, 0.1) is 0 Å². The fourth-order valence-electron chi connectivity index (χ4n) is 3.63. The molecule has 0 saturated heterocycles. The van der Waals surface area contributed by atoms with Crippen LogP contribution in [0.1, 0.15) is 21.6 Å². The van der Waals surface area contributed by atoms with Crippen molar-refractivity contribution in [3.05, 3.63) is 113 Å². The zero-order valence-electron chi connectivity index (χ0n) is 17.1. The molecule has 0 fully saturated rings. The summed E-state index contributed by atoms with van der Waals surface area (Å²) >= 11 is 6.00. The number of nitrogens with one attached hydrogen (secondary N) is 1. The Morgan fingerprint density at radius 1 is 0.906 bits per heavy atom. The molecule has 0 spiro atoms. The number of amides is 1. The van der Waals surface area contributed by atoms with Crippen LogP contribution >= 0.6 is 11.6 Å². The highest BCUT2D eigenvalue weighted by Gasteiger charge is 2.17. The van der Waals surface area contributed by atoms with Crippen molar-refractivity contribution < 1.29 is 4.79 Å². The average Bonchev–Trinajstić information content (AvgIpc) is 3.48. The molecule has 0 bridgehead atoms. The quantitative estimate of drug-likeness (QED) is 0.409. The van der Waals surface area contributed by atoms with E-state index in [1.165, 1.54) is 0 Å². The Balaban J connectivity index is 1.33. The van der Waals surface area contributed by atoms with Crippen LogP contribution in [-0.4, -0.2) is 25.5 Å². The van der Waals surface area contributed by atoms with E-state index >= 15 is 0 Å². The minimum absolute atomic E-state index is 0.202. The highest BCUT2D eigenvalue weighted by Crippen LogP contribution is 2.20. The van der Waals surface area contributed by atoms with Crippen molar-refractivity contribution in [2.75, 3.05) is 0 Å². The second kappa shape index (κ2) is 8.69. The molecule has 0 aliphatic carbocycles. The Labute approximate surface area is 190 Å². The summed E-state index contributed by atoms with van der Waals surface area (Å²) in [7, 11) is 0. The minimum Gasteiger partial charge on any atom is -0.347 e. The summed E-state index contributed by atoms with van der Waals surface area (Å²) < 4.78 is 3.65. The number of halogens is 1. The third-order valence-corrected chi connectivity index (χ3v) is 5.53. The molecule has 0 aliphatic heterocycles. The fraction of sp³-hybridized carbons (Fsp3) is 0.0800. The highest BCUT2D eigenvalue weighted by molar-refractivity contribution is 6.30. The molecule has 5 aromatic rings. The Morgan fingerprint density at radius 2 is 1.66 bits per heavy atom. The predicted molar refractivity (Wildman–Crippen MR) is 125 cm³/mol. The predicted octanol–water partition coefficient (Wildman–Crippen LogP) is 4.85. The molecule has 32 heavy (non-hydrogen) atoms. The summed E-state index contributed by atoms with van der Waals surface area (Å²) in [6.45, 7) is 0.969. The maximum absolute atomic E-state index is 13.0. The number of nitrogens with zero attached hydrogens (tertiary/aromatic N) is 4. The molecule has 7 heteroatoms. The van der Waals surface area contributed by atoms with Gasteiger partial charge in [-0.2, -0.15) is 10.2 Å². The standard InChI is InChI=1S/C25H20ClN5O/c26-20-10-6-19(7-11-20)17-31-23-5-2-1-4-22(23)24(29-31)25(32)27-16-18-8-12-21(13-9-18)30-15-3-14-28-30/h1-15H,16-17H2,(H,27,32). The molecule has 0 radical (unpaired) electrons. The van der Waals surface area contributed by atoms with Gasteiger partial charge < -0.3 is 5.32 Å². The summed E-state index contributed by atoms with van der Waals surface area (Å²) in [6.07, 6.45) is 3.63. The summed E-state index contributed by atoms with van der Waals surface area (Å²) in [5.74, 6) is -0.202. The first-order chi connectivity index (χ1) is 15.7. The van der Waals surface area contributed by atoms with Crippen molar-refractivity contribution in [1.82, 2.24) is 24.9 Å². The van der Waals surface area contributed by atoms with E-state index in [2.05, 4.69) is 15.5 Å². The molecule has 2 heterocycles. The van der Waals surface area contributed by atoms with Crippen LogP contribution in [0.2, 0.25) is 5.02 Å². The van der Waals surface area contributed by atoms with E-state index in [9.17, 15) is 4.79 Å². The Kier molecular flexibility index (Phi) is 5.44. The van der Waals surface area contributed by atoms with Crippen LogP contribution in [0.3, 0.4) is 0 Å². The molecular formula is C25H20ClN5O. The van der Waals surface area contributed by atoms with E-state index in [0.717, 1.165) is 27.7 Å². The van der Waals surface area contributed by atoms with Crippen LogP contribution < -0.4 is 5.32 Å². The number of carbonyl (C=O) groups is 1. The average molecular weight is 442 g/mol. The van der Waals surface area contributed by atoms with Gasteiger partial charge >= 0.3 is 0 Å². The Hall–Kier alpha value is -3.90. The van der Waals surface area contributed by atoms with E-state index in [1.54, 1.807) is 10.9 Å². The van der Waals surface area contributed by atoms with Gasteiger partial charge in [0.15, 0.2) is 5.69 Å². The summed E-state index contributed by atoms with van der Waals surface area (Å²) in [4.78, 5) is 13.0. The van der Waals surface area contributed by atoms with Crippen LogP contribution in [0.25, 0.3) is 16.6 Å². The molecule has 3 aromatic carbocycles. The van der Waals surface area contributed by atoms with Gasteiger partial charge in [-0.05, 0) is 47.5 Å². The molecule has 158 valence electrons. The summed E-state index contributed by atoms with van der Waals surface area (Å²) in [5.41, 5.74) is 4.36. The van der Waals surface area contributed by atoms with Gasteiger partial charge in [-0.25, -0.2) is 4.68 Å². The van der Waals surface area contributed by atoms with Crippen LogP contribution in [-0.2, 0) is 13.1 Å². The number of fused-ring (bicyclic) bond motifs is 1. The normalized spacial score (nSPS) is 11.0. The molecular weight excluding hydrogens is 422 g/mol. The number of hydrogen-bond acceptors (Lipinski definition) is 3. The molecule has 0 aliphatic rings. The van der Waals surface area contributed by atoms with E-state index in [1.807, 2.05) is 89.7 Å². The third kappa shape index (κ3) is 4.13. The molecule has 0 atom stereocenters. The smallest absolute Gasteiger partial charge is 0.272 e. The van der Waals surface area contributed by atoms with Gasteiger partial charge in [-0.3, -0.25) is 9.48 Å². The number of hydrogen-bond donors (Lipinski definition) is 1. The van der Waals surface area contributed by atoms with Crippen molar-refractivity contribution in [3.63, 3.8) is 0 Å². The number of benzene rings is 3. The molecule has 0 unspecified atom stereocenters. The highest BCUT2D eigenvalue weighted by atomic mass is 35.5. The van der Waals surface area contributed by atoms with E-state index in [4.69, 9.17) is 11.6 Å². The van der Waals surface area contributed by atoms with Crippen molar-refractivity contribution in [3.8, 4) is 5.69 Å². The minimum atomic E-state index is -0.202. The van der Waals surface area contributed by atoms with E-state index < -0.39 is 0 Å². The first kappa shape index (κ1) is 20.0. The fourth-order valence-corrected chi connectivity index (χ4v) is 3.76. The van der Waals surface area contributed by atoms with Gasteiger partial charge in [0.25, 0.3) is 5.91 Å². The van der Waals surface area contributed by atoms with Gasteiger partial charge in [-0.1, -0.05) is 54.1 Å². The van der Waals surface area contributed by atoms with Crippen molar-refractivity contribution in [1.29, 1.82) is 0 Å². The topological polar surface area (TPSA) is 64.7 Å². The third-order valence-electron chi connectivity index (χ3n) is 5.28. The molecule has 1 amide bonds. The lowest BCUT2D eigenvalue weighted by molar-refractivity contribution is 0.0946. The van der Waals surface area contributed by atoms with Crippen LogP contribution in [0.5, 0.6) is 0 Å². The molecule has 2 aromatic heterocycles. The maximum Gasteiger partial charge on any atom is 0.272 e. The molecule has 0 saturated carbocycles. The van der Waals surface area contributed by atoms with E-state index in [-0.39, 0.29) is 5.91 Å². The molecule has 5 rings (SSSR count). The maximum atomic E-state index is 13.0. The zero-order chi connectivity index (χ0) is 21.9.